The van der Waals surface area contributed by atoms with Gasteiger partial charge in [-0.15, -0.1) is 0 Å². The maximum absolute atomic E-state index is 3.17. The van der Waals surface area contributed by atoms with Crippen LogP contribution in [0.3, 0.4) is 0 Å². The molecule has 0 aromatic heterocycles. The van der Waals surface area contributed by atoms with Gasteiger partial charge in [0.1, 0.15) is 0 Å². The summed E-state index contributed by atoms with van der Waals surface area (Å²) in [6.45, 7) is 19.0. The summed E-state index contributed by atoms with van der Waals surface area (Å²) >= 11 is -3.17. The molecular weight excluding hydrogens is 903 g/mol. The molecule has 0 spiro atoms. The van der Waals surface area contributed by atoms with E-state index in [1.807, 2.05) is 3.32 Å². The van der Waals surface area contributed by atoms with E-state index >= 15 is 0 Å². The second-order valence-electron chi connectivity index (χ2n) is 19.8. The van der Waals surface area contributed by atoms with E-state index in [4.69, 9.17) is 0 Å². The van der Waals surface area contributed by atoms with E-state index in [1.54, 1.807) is 38.2 Å². The molecule has 3 aliphatic rings. The van der Waals surface area contributed by atoms with Crippen molar-refractivity contribution in [2.75, 3.05) is 0 Å². The first-order valence-corrected chi connectivity index (χ1v) is 30.3. The van der Waals surface area contributed by atoms with Gasteiger partial charge in [-0.1, -0.05) is 0 Å². The molecule has 2 atom stereocenters. The van der Waals surface area contributed by atoms with Crippen molar-refractivity contribution in [1.29, 1.82) is 0 Å². The first-order valence-electron chi connectivity index (χ1n) is 22.9. The van der Waals surface area contributed by atoms with Crippen molar-refractivity contribution < 1.29 is 21.4 Å². The molecule has 1 aliphatic heterocycles. The number of benzene rings is 6. The quantitative estimate of drug-likeness (QED) is 0.113. The van der Waals surface area contributed by atoms with Gasteiger partial charge in [0.05, 0.1) is 0 Å². The Hall–Kier alpha value is -4.11. The Kier molecular flexibility index (Phi) is 11.4. The van der Waals surface area contributed by atoms with E-state index in [-0.39, 0.29) is 10.8 Å². The van der Waals surface area contributed by atoms with E-state index < -0.39 is 31.0 Å². The van der Waals surface area contributed by atoms with Gasteiger partial charge in [0.25, 0.3) is 0 Å². The topological polar surface area (TPSA) is 0 Å². The molecule has 0 amide bonds. The van der Waals surface area contributed by atoms with Crippen LogP contribution in [-0.2, 0) is 32.3 Å². The van der Waals surface area contributed by atoms with Gasteiger partial charge >= 0.3 is 374 Å². The van der Waals surface area contributed by atoms with Gasteiger partial charge < -0.3 is 0 Å². The van der Waals surface area contributed by atoms with Crippen LogP contribution in [0, 0.1) is 0 Å². The molecule has 2 unspecified atom stereocenters. The van der Waals surface area contributed by atoms with Crippen molar-refractivity contribution in [3.05, 3.63) is 172 Å². The van der Waals surface area contributed by atoms with Crippen LogP contribution in [0.5, 0.6) is 0 Å². The molecule has 303 valence electrons. The predicted octanol–water partition coefficient (Wildman–Crippen LogP) is 13.6. The van der Waals surface area contributed by atoms with E-state index in [1.165, 1.54) is 88.6 Å². The molecule has 1 heterocycles. The van der Waals surface area contributed by atoms with Gasteiger partial charge in [-0.05, 0) is 0 Å². The van der Waals surface area contributed by atoms with Crippen molar-refractivity contribution in [1.82, 2.24) is 0 Å². The summed E-state index contributed by atoms with van der Waals surface area (Å²) < 4.78 is 2.81. The third-order valence-electron chi connectivity index (χ3n) is 13.8. The number of hydrogen-bond donors (Lipinski definition) is 0. The van der Waals surface area contributed by atoms with Gasteiger partial charge in [0, 0.05) is 0 Å². The Balaban J connectivity index is 1.32. The molecule has 0 fully saturated rings. The number of unbranched alkanes of at least 4 members (excludes halogenated alkanes) is 2. The fourth-order valence-electron chi connectivity index (χ4n) is 11.0. The zero-order valence-corrected chi connectivity index (χ0v) is 42.4. The van der Waals surface area contributed by atoms with Gasteiger partial charge in [0.2, 0.25) is 0 Å². The van der Waals surface area contributed by atoms with Crippen LogP contribution in [0.1, 0.15) is 135 Å². The number of allylic oxidation sites excluding steroid dienone is 2. The maximum atomic E-state index is 2.73. The molecule has 60 heavy (non-hydrogen) atoms. The fraction of sp³-hybridized carbons (Fsp3) is 0.310. The summed E-state index contributed by atoms with van der Waals surface area (Å²) in [7, 11) is -0.630. The van der Waals surface area contributed by atoms with Crippen LogP contribution in [0.15, 0.2) is 139 Å². The van der Waals surface area contributed by atoms with E-state index in [2.05, 4.69) is 195 Å². The van der Waals surface area contributed by atoms with Crippen molar-refractivity contribution in [3.63, 3.8) is 0 Å². The molecule has 6 aromatic rings. The van der Waals surface area contributed by atoms with Gasteiger partial charge in [0.15, 0.2) is 0 Å². The number of rotatable bonds is 11. The summed E-state index contributed by atoms with van der Waals surface area (Å²) in [5, 5.41) is 3.41. The van der Waals surface area contributed by atoms with Crippen LogP contribution in [0.2, 0.25) is 0 Å². The van der Waals surface area contributed by atoms with Gasteiger partial charge in [-0.2, -0.15) is 0 Å². The summed E-state index contributed by atoms with van der Waals surface area (Å²) in [6, 6.07) is 50.4. The molecule has 0 nitrogen and oxygen atoms in total. The Morgan fingerprint density at radius 2 is 0.900 bits per heavy atom. The zero-order chi connectivity index (χ0) is 41.8. The number of hydrogen-bond acceptors (Lipinski definition) is 0. The van der Waals surface area contributed by atoms with E-state index in [0.717, 1.165) is 0 Å². The summed E-state index contributed by atoms with van der Waals surface area (Å²) in [4.78, 5) is 0. The second-order valence-corrected chi connectivity index (χ2v) is 31.0. The van der Waals surface area contributed by atoms with Crippen molar-refractivity contribution in [2.24, 2.45) is 0 Å². The molecule has 0 N–H and O–H groups in total. The molecule has 2 heteroatoms. The Morgan fingerprint density at radius 3 is 1.40 bits per heavy atom. The normalized spacial score (nSPS) is 16.9. The molecular formula is C58H63HfSi. The number of fused-ring (bicyclic) bond motifs is 5. The monoisotopic (exact) mass is 967 g/mol. The predicted molar refractivity (Wildman–Crippen MR) is 261 cm³/mol. The Bertz CT molecular complexity index is 2510. The third kappa shape index (κ3) is 7.38. The first kappa shape index (κ1) is 41.3. The Labute approximate surface area is 371 Å². The molecule has 2 aliphatic carbocycles. The van der Waals surface area contributed by atoms with Crippen LogP contribution >= 0.6 is 0 Å². The van der Waals surface area contributed by atoms with Crippen molar-refractivity contribution >= 4 is 35.4 Å². The van der Waals surface area contributed by atoms with Crippen LogP contribution in [0.4, 0.5) is 0 Å². The molecule has 0 bridgehead atoms. The van der Waals surface area contributed by atoms with Crippen LogP contribution in [0.25, 0.3) is 45.5 Å². The molecule has 6 aromatic carbocycles. The van der Waals surface area contributed by atoms with Crippen LogP contribution in [-0.4, -0.2) is 9.52 Å². The first-order chi connectivity index (χ1) is 29.0. The minimum atomic E-state index is -3.17. The standard InChI is InChI=1S/2C23H27.C12H9Si.Hf/c2*1-5-6-10-17-15-18-11-9-13-19(21(18)16-17)20-12-7-8-14-22(20)23(2,3)4;1-3-7-11-9(5-1)10-6-2-4-8-12(10)13-11;/h2*7-9,11-16H,5-6,10H2,1-4H3;1-7H,13H2;. The van der Waals surface area contributed by atoms with Crippen molar-refractivity contribution in [2.45, 2.75) is 112 Å². The Morgan fingerprint density at radius 1 is 0.467 bits per heavy atom. The second kappa shape index (κ2) is 16.6. The average molecular weight is 967 g/mol. The zero-order valence-electron chi connectivity index (χ0n) is 37.4. The molecule has 0 saturated carbocycles. The van der Waals surface area contributed by atoms with Crippen LogP contribution < -0.4 is 13.7 Å². The van der Waals surface area contributed by atoms with E-state index in [0.29, 0.717) is 7.35 Å². The SMILES string of the molecule is CCCCC1=Cc2c(-c3ccccc3C(C)(C)C)cccc2[CH]1[Hf]([c]1cccc2c1[SiH2]c1ccccc1-2)[CH]1C(CCCC)=Cc2c(-c3ccccc3C(C)(C)C)cccc21. The average Bonchev–Trinajstić information content (AvgIpc) is 3.93. The summed E-state index contributed by atoms with van der Waals surface area (Å²) in [5.74, 6) is 0. The van der Waals surface area contributed by atoms with Gasteiger partial charge in [-0.3, -0.25) is 0 Å². The summed E-state index contributed by atoms with van der Waals surface area (Å²) in [5.41, 5.74) is 21.4. The fourth-order valence-corrected chi connectivity index (χ4v) is 30.5. The molecule has 0 radical (unpaired) electrons. The third-order valence-corrected chi connectivity index (χ3v) is 30.4. The van der Waals surface area contributed by atoms with Gasteiger partial charge in [-0.25, -0.2) is 0 Å². The van der Waals surface area contributed by atoms with Crippen molar-refractivity contribution in [3.8, 4) is 33.4 Å². The molecule has 0 saturated heterocycles. The summed E-state index contributed by atoms with van der Waals surface area (Å²) in [6.07, 6.45) is 12.7. The molecule has 9 rings (SSSR count). The van der Waals surface area contributed by atoms with E-state index in [9.17, 15) is 0 Å². The minimum absolute atomic E-state index is 0.0497.